The van der Waals surface area contributed by atoms with E-state index < -0.39 is 0 Å². The lowest BCUT2D eigenvalue weighted by atomic mass is 10.1. The minimum absolute atomic E-state index is 0.799. The normalized spacial score (nSPS) is 17.5. The molecule has 0 fully saturated rings. The van der Waals surface area contributed by atoms with Gasteiger partial charge in [0.2, 0.25) is 0 Å². The molecule has 2 atom stereocenters. The van der Waals surface area contributed by atoms with Crippen LogP contribution in [0, 0.1) is 11.8 Å². The predicted molar refractivity (Wildman–Crippen MR) is 56.2 cm³/mol. The third-order valence-electron chi connectivity index (χ3n) is 2.31. The van der Waals surface area contributed by atoms with Crippen LogP contribution in [0.25, 0.3) is 0 Å². The Kier molecular flexibility index (Phi) is 5.24. The Labute approximate surface area is 76.1 Å². The molecule has 0 heterocycles. The second-order valence-electron chi connectivity index (χ2n) is 4.03. The second-order valence-corrected chi connectivity index (χ2v) is 5.79. The smallest absolute Gasteiger partial charge is 0.00445 e. The second kappa shape index (κ2) is 5.08. The van der Waals surface area contributed by atoms with E-state index in [1.807, 2.05) is 0 Å². The van der Waals surface area contributed by atoms with Crippen LogP contribution in [0.2, 0.25) is 0 Å². The maximum atomic E-state index is 2.33. The summed E-state index contributed by atoms with van der Waals surface area (Å²) in [6.45, 7) is 13.8. The molecule has 0 spiro atoms. The summed E-state index contributed by atoms with van der Waals surface area (Å²) in [7, 11) is 0. The fourth-order valence-corrected chi connectivity index (χ4v) is 1.96. The molecule has 0 amide bonds. The average Bonchev–Trinajstić information content (AvgIpc) is 1.87. The Morgan fingerprint density at radius 3 is 1.09 bits per heavy atom. The minimum atomic E-state index is 0.799. The van der Waals surface area contributed by atoms with E-state index in [4.69, 9.17) is 0 Å². The van der Waals surface area contributed by atoms with Gasteiger partial charge in [0.25, 0.3) is 0 Å². The molecule has 68 valence electrons. The molecule has 2 unspecified atom stereocenters. The van der Waals surface area contributed by atoms with Crippen molar-refractivity contribution in [2.45, 2.75) is 52.0 Å². The monoisotopic (exact) mass is 174 g/mol. The molecule has 11 heavy (non-hydrogen) atoms. The van der Waals surface area contributed by atoms with Gasteiger partial charge in [0.1, 0.15) is 0 Å². The molecule has 0 aliphatic heterocycles. The Balaban J connectivity index is 3.66. The quantitative estimate of drug-likeness (QED) is 0.624. The fraction of sp³-hybridized carbons (Fsp3) is 1.00. The van der Waals surface area contributed by atoms with Gasteiger partial charge >= 0.3 is 0 Å². The van der Waals surface area contributed by atoms with Crippen LogP contribution in [0.5, 0.6) is 0 Å². The van der Waals surface area contributed by atoms with Crippen molar-refractivity contribution in [1.29, 1.82) is 0 Å². The van der Waals surface area contributed by atoms with Gasteiger partial charge in [-0.05, 0) is 11.8 Å². The molecule has 0 bridgehead atoms. The van der Waals surface area contributed by atoms with E-state index in [1.54, 1.807) is 0 Å². The summed E-state index contributed by atoms with van der Waals surface area (Å²) in [4.78, 5) is 0. The van der Waals surface area contributed by atoms with Gasteiger partial charge < -0.3 is 0 Å². The molecule has 0 aromatic rings. The number of hydrogen-bond donors (Lipinski definition) is 0. The van der Waals surface area contributed by atoms with Crippen molar-refractivity contribution in [3.63, 3.8) is 0 Å². The standard InChI is InChI=1S/C10H22S/c1-7(2)9(5)11-10(6)8(3)4/h7-10H,1-6H3. The first-order chi connectivity index (χ1) is 4.95. The molecular weight excluding hydrogens is 152 g/mol. The molecule has 1 heteroatoms. The Morgan fingerprint density at radius 2 is 0.909 bits per heavy atom. The first-order valence-electron chi connectivity index (χ1n) is 4.60. The van der Waals surface area contributed by atoms with Crippen LogP contribution >= 0.6 is 11.8 Å². The summed E-state index contributed by atoms with van der Waals surface area (Å²) >= 11 is 2.12. The maximum Gasteiger partial charge on any atom is 0.00445 e. The van der Waals surface area contributed by atoms with Crippen molar-refractivity contribution >= 4 is 11.8 Å². The highest BCUT2D eigenvalue weighted by molar-refractivity contribution is 8.00. The summed E-state index contributed by atoms with van der Waals surface area (Å²) in [5.74, 6) is 1.61. The van der Waals surface area contributed by atoms with Crippen LogP contribution in [0.1, 0.15) is 41.5 Å². The van der Waals surface area contributed by atoms with Crippen molar-refractivity contribution in [2.24, 2.45) is 11.8 Å². The summed E-state index contributed by atoms with van der Waals surface area (Å²) in [5.41, 5.74) is 0. The Hall–Kier alpha value is 0.350. The summed E-state index contributed by atoms with van der Waals surface area (Å²) in [6.07, 6.45) is 0. The van der Waals surface area contributed by atoms with Crippen molar-refractivity contribution < 1.29 is 0 Å². The van der Waals surface area contributed by atoms with Gasteiger partial charge in [-0.25, -0.2) is 0 Å². The van der Waals surface area contributed by atoms with E-state index in [9.17, 15) is 0 Å². The molecule has 0 aliphatic carbocycles. The maximum absolute atomic E-state index is 2.33. The topological polar surface area (TPSA) is 0 Å². The molecule has 0 aliphatic rings. The SMILES string of the molecule is CC(C)C(C)SC(C)C(C)C. The lowest BCUT2D eigenvalue weighted by molar-refractivity contribution is 0.611. The number of hydrogen-bond acceptors (Lipinski definition) is 1. The summed E-state index contributed by atoms with van der Waals surface area (Å²) in [6, 6.07) is 0. The van der Waals surface area contributed by atoms with Crippen LogP contribution in [0.3, 0.4) is 0 Å². The van der Waals surface area contributed by atoms with Gasteiger partial charge in [-0.15, -0.1) is 0 Å². The third-order valence-corrected chi connectivity index (χ3v) is 4.25. The van der Waals surface area contributed by atoms with Crippen LogP contribution in [0.4, 0.5) is 0 Å². The van der Waals surface area contributed by atoms with Crippen LogP contribution in [0.15, 0.2) is 0 Å². The molecule has 0 rings (SSSR count). The van der Waals surface area contributed by atoms with Crippen molar-refractivity contribution in [1.82, 2.24) is 0 Å². The van der Waals surface area contributed by atoms with E-state index in [0.29, 0.717) is 0 Å². The molecular formula is C10H22S. The van der Waals surface area contributed by atoms with Gasteiger partial charge in [0.15, 0.2) is 0 Å². The van der Waals surface area contributed by atoms with Gasteiger partial charge in [0.05, 0.1) is 0 Å². The third kappa shape index (κ3) is 4.73. The molecule has 0 N–H and O–H groups in total. The highest BCUT2D eigenvalue weighted by Gasteiger charge is 2.14. The Morgan fingerprint density at radius 1 is 0.636 bits per heavy atom. The van der Waals surface area contributed by atoms with E-state index in [-0.39, 0.29) is 0 Å². The van der Waals surface area contributed by atoms with Gasteiger partial charge in [-0.2, -0.15) is 11.8 Å². The van der Waals surface area contributed by atoms with Crippen molar-refractivity contribution in [3.8, 4) is 0 Å². The lowest BCUT2D eigenvalue weighted by Crippen LogP contribution is -2.14. The van der Waals surface area contributed by atoms with E-state index >= 15 is 0 Å². The first-order valence-corrected chi connectivity index (χ1v) is 5.54. The first kappa shape index (κ1) is 11.4. The van der Waals surface area contributed by atoms with Crippen molar-refractivity contribution in [3.05, 3.63) is 0 Å². The Bertz CT molecular complexity index is 85.0. The highest BCUT2D eigenvalue weighted by Crippen LogP contribution is 2.27. The lowest BCUT2D eigenvalue weighted by Gasteiger charge is -2.22. The molecule has 0 radical (unpaired) electrons. The highest BCUT2D eigenvalue weighted by atomic mass is 32.2. The zero-order valence-corrected chi connectivity index (χ0v) is 9.53. The zero-order valence-electron chi connectivity index (χ0n) is 8.72. The largest absolute Gasteiger partial charge is 0.155 e. The summed E-state index contributed by atoms with van der Waals surface area (Å²) in [5, 5.41) is 1.60. The minimum Gasteiger partial charge on any atom is -0.155 e. The van der Waals surface area contributed by atoms with E-state index in [0.717, 1.165) is 22.3 Å². The van der Waals surface area contributed by atoms with Crippen molar-refractivity contribution in [2.75, 3.05) is 0 Å². The molecule has 0 aromatic heterocycles. The average molecular weight is 174 g/mol. The molecule has 0 saturated carbocycles. The molecule has 0 aromatic carbocycles. The van der Waals surface area contributed by atoms with Crippen LogP contribution < -0.4 is 0 Å². The molecule has 0 saturated heterocycles. The van der Waals surface area contributed by atoms with E-state index in [2.05, 4.69) is 53.3 Å². The van der Waals surface area contributed by atoms with E-state index in [1.165, 1.54) is 0 Å². The van der Waals surface area contributed by atoms with Gasteiger partial charge in [0, 0.05) is 10.5 Å². The zero-order chi connectivity index (χ0) is 9.02. The van der Waals surface area contributed by atoms with Crippen LogP contribution in [-0.2, 0) is 0 Å². The van der Waals surface area contributed by atoms with Crippen LogP contribution in [-0.4, -0.2) is 10.5 Å². The number of rotatable bonds is 4. The van der Waals surface area contributed by atoms with Gasteiger partial charge in [-0.3, -0.25) is 0 Å². The molecule has 0 nitrogen and oxygen atoms in total. The number of thioether (sulfide) groups is 1. The van der Waals surface area contributed by atoms with Gasteiger partial charge in [-0.1, -0.05) is 41.5 Å². The fourth-order valence-electron chi connectivity index (χ4n) is 0.653. The predicted octanol–water partition coefficient (Wildman–Crippen LogP) is 3.81. The summed E-state index contributed by atoms with van der Waals surface area (Å²) < 4.78 is 0.